The Morgan fingerprint density at radius 2 is 1.93 bits per heavy atom. The number of carbonyl (C=O) groups is 1. The summed E-state index contributed by atoms with van der Waals surface area (Å²) in [5.74, 6) is 1.56. The molecule has 0 saturated carbocycles. The fourth-order valence-electron chi connectivity index (χ4n) is 4.46. The van der Waals surface area contributed by atoms with Crippen LogP contribution in [0.2, 0.25) is 5.02 Å². The van der Waals surface area contributed by atoms with Crippen molar-refractivity contribution in [2.45, 2.75) is 38.1 Å². The van der Waals surface area contributed by atoms with E-state index in [4.69, 9.17) is 11.6 Å². The molecule has 1 aromatic rings. The van der Waals surface area contributed by atoms with Gasteiger partial charge in [0, 0.05) is 45.2 Å². The second-order valence-electron chi connectivity index (χ2n) is 8.05. The second-order valence-corrected chi connectivity index (χ2v) is 8.49. The van der Waals surface area contributed by atoms with Crippen LogP contribution in [0.5, 0.6) is 0 Å². The molecule has 0 aromatic heterocycles. The van der Waals surface area contributed by atoms with Gasteiger partial charge in [-0.2, -0.15) is 0 Å². The summed E-state index contributed by atoms with van der Waals surface area (Å²) in [6.07, 6.45) is 5.19. The molecule has 2 aliphatic rings. The molecule has 2 fully saturated rings. The molecule has 2 heterocycles. The fourth-order valence-corrected chi connectivity index (χ4v) is 4.66. The van der Waals surface area contributed by atoms with E-state index in [1.807, 2.05) is 19.2 Å². The van der Waals surface area contributed by atoms with Gasteiger partial charge in [-0.25, -0.2) is 0 Å². The molecule has 8 heteroatoms. The zero-order chi connectivity index (χ0) is 20.6. The zero-order valence-electron chi connectivity index (χ0n) is 18.1. The van der Waals surface area contributed by atoms with E-state index in [1.54, 1.807) is 7.05 Å². The van der Waals surface area contributed by atoms with Crippen molar-refractivity contribution < 1.29 is 4.79 Å². The minimum absolute atomic E-state index is 0. The highest BCUT2D eigenvalue weighted by molar-refractivity contribution is 14.0. The van der Waals surface area contributed by atoms with E-state index in [9.17, 15) is 4.79 Å². The Morgan fingerprint density at radius 1 is 1.23 bits per heavy atom. The normalized spacial score (nSPS) is 19.3. The lowest BCUT2D eigenvalue weighted by atomic mass is 9.93. The summed E-state index contributed by atoms with van der Waals surface area (Å²) in [6.45, 7) is 4.94. The molecular formula is C22H35ClIN5O. The van der Waals surface area contributed by atoms with Gasteiger partial charge in [0.15, 0.2) is 5.96 Å². The number of hydrogen-bond donors (Lipinski definition) is 2. The van der Waals surface area contributed by atoms with Crippen LogP contribution in [0.1, 0.15) is 43.7 Å². The van der Waals surface area contributed by atoms with Gasteiger partial charge in [-0.05, 0) is 62.4 Å². The number of amides is 1. The van der Waals surface area contributed by atoms with Crippen LogP contribution in [-0.2, 0) is 4.79 Å². The van der Waals surface area contributed by atoms with Crippen LogP contribution in [0.3, 0.4) is 0 Å². The average molecular weight is 548 g/mol. The number of nitrogens with zero attached hydrogens (tertiary/aromatic N) is 3. The molecule has 0 radical (unpaired) electrons. The molecule has 168 valence electrons. The minimum Gasteiger partial charge on any atom is -0.359 e. The van der Waals surface area contributed by atoms with Crippen molar-refractivity contribution >= 4 is 47.4 Å². The number of rotatable bonds is 6. The number of benzene rings is 1. The second kappa shape index (κ2) is 12.7. The number of likely N-dealkylation sites (tertiary alicyclic amines) is 2. The molecule has 1 aromatic carbocycles. The Balaban J connectivity index is 0.00000320. The summed E-state index contributed by atoms with van der Waals surface area (Å²) in [5.41, 5.74) is 1.26. The van der Waals surface area contributed by atoms with E-state index in [0.29, 0.717) is 18.4 Å². The number of nitrogens with one attached hydrogen (secondary N) is 2. The molecule has 0 bridgehead atoms. The maximum absolute atomic E-state index is 11.6. The van der Waals surface area contributed by atoms with E-state index >= 15 is 0 Å². The lowest BCUT2D eigenvalue weighted by molar-refractivity contribution is -0.121. The third-order valence-corrected chi connectivity index (χ3v) is 6.38. The van der Waals surface area contributed by atoms with E-state index in [-0.39, 0.29) is 29.9 Å². The van der Waals surface area contributed by atoms with Gasteiger partial charge in [0.1, 0.15) is 0 Å². The molecule has 2 saturated heterocycles. The first-order valence-electron chi connectivity index (χ1n) is 10.8. The van der Waals surface area contributed by atoms with E-state index < -0.39 is 0 Å². The van der Waals surface area contributed by atoms with Crippen molar-refractivity contribution in [2.75, 3.05) is 46.8 Å². The maximum atomic E-state index is 11.6. The highest BCUT2D eigenvalue weighted by Crippen LogP contribution is 2.27. The van der Waals surface area contributed by atoms with Crippen LogP contribution in [0.15, 0.2) is 29.3 Å². The number of piperidine rings is 1. The summed E-state index contributed by atoms with van der Waals surface area (Å²) in [4.78, 5) is 21.0. The highest BCUT2D eigenvalue weighted by Gasteiger charge is 2.26. The molecule has 3 rings (SSSR count). The van der Waals surface area contributed by atoms with Crippen molar-refractivity contribution in [1.29, 1.82) is 0 Å². The zero-order valence-corrected chi connectivity index (χ0v) is 21.2. The standard InChI is InChI=1S/C22H34ClN5O.HI/c1-24-21(29)14-17-8-12-28(13-9-17)22(25-2)26-16-20(27-10-3-4-11-27)18-6-5-7-19(23)15-18;/h5-7,15,17,20H,3-4,8-14,16H2,1-2H3,(H,24,29)(H,25,26);1H. The van der Waals surface area contributed by atoms with Crippen LogP contribution >= 0.6 is 35.6 Å². The van der Waals surface area contributed by atoms with Gasteiger partial charge in [0.2, 0.25) is 5.91 Å². The Hall–Kier alpha value is -1.06. The Labute approximate surface area is 202 Å². The van der Waals surface area contributed by atoms with E-state index in [0.717, 1.165) is 56.5 Å². The van der Waals surface area contributed by atoms with Crippen molar-refractivity contribution in [2.24, 2.45) is 10.9 Å². The van der Waals surface area contributed by atoms with Gasteiger partial charge in [-0.3, -0.25) is 14.7 Å². The predicted molar refractivity (Wildman–Crippen MR) is 135 cm³/mol. The number of guanidine groups is 1. The summed E-state index contributed by atoms with van der Waals surface area (Å²) in [5, 5.41) is 7.13. The summed E-state index contributed by atoms with van der Waals surface area (Å²) in [6, 6.07) is 8.51. The molecule has 0 spiro atoms. The van der Waals surface area contributed by atoms with Gasteiger partial charge in [0.25, 0.3) is 0 Å². The van der Waals surface area contributed by atoms with Crippen LogP contribution in [-0.4, -0.2) is 68.5 Å². The smallest absolute Gasteiger partial charge is 0.220 e. The van der Waals surface area contributed by atoms with Gasteiger partial charge < -0.3 is 15.5 Å². The topological polar surface area (TPSA) is 60.0 Å². The molecular weight excluding hydrogens is 513 g/mol. The average Bonchev–Trinajstić information content (AvgIpc) is 3.26. The molecule has 30 heavy (non-hydrogen) atoms. The Bertz CT molecular complexity index is 703. The quantitative estimate of drug-likeness (QED) is 0.325. The molecule has 2 aliphatic heterocycles. The molecule has 1 unspecified atom stereocenters. The molecule has 2 N–H and O–H groups in total. The number of aliphatic imine (C=N–C) groups is 1. The lowest BCUT2D eigenvalue weighted by Crippen LogP contribution is -2.48. The first-order valence-corrected chi connectivity index (χ1v) is 11.1. The lowest BCUT2D eigenvalue weighted by Gasteiger charge is -2.35. The Kier molecular flexibility index (Phi) is 10.7. The predicted octanol–water partition coefficient (Wildman–Crippen LogP) is 3.52. The largest absolute Gasteiger partial charge is 0.359 e. The third kappa shape index (κ3) is 6.99. The third-order valence-electron chi connectivity index (χ3n) is 6.15. The molecule has 6 nitrogen and oxygen atoms in total. The van der Waals surface area contributed by atoms with Crippen LogP contribution in [0.4, 0.5) is 0 Å². The minimum atomic E-state index is 0. The first-order chi connectivity index (χ1) is 14.1. The number of halogens is 2. The van der Waals surface area contributed by atoms with Crippen molar-refractivity contribution in [1.82, 2.24) is 20.4 Å². The summed E-state index contributed by atoms with van der Waals surface area (Å²) in [7, 11) is 3.56. The first kappa shape index (κ1) is 25.2. The van der Waals surface area contributed by atoms with Gasteiger partial charge >= 0.3 is 0 Å². The monoisotopic (exact) mass is 547 g/mol. The van der Waals surface area contributed by atoms with Crippen LogP contribution in [0, 0.1) is 5.92 Å². The number of hydrogen-bond acceptors (Lipinski definition) is 3. The van der Waals surface area contributed by atoms with Gasteiger partial charge in [-0.15, -0.1) is 24.0 Å². The van der Waals surface area contributed by atoms with Crippen LogP contribution in [0.25, 0.3) is 0 Å². The van der Waals surface area contributed by atoms with Gasteiger partial charge in [-0.1, -0.05) is 23.7 Å². The molecule has 0 aliphatic carbocycles. The summed E-state index contributed by atoms with van der Waals surface area (Å²) < 4.78 is 0. The van der Waals surface area contributed by atoms with E-state index in [2.05, 4.69) is 37.6 Å². The van der Waals surface area contributed by atoms with Crippen molar-refractivity contribution in [3.63, 3.8) is 0 Å². The van der Waals surface area contributed by atoms with Crippen molar-refractivity contribution in [3.8, 4) is 0 Å². The SMILES string of the molecule is CN=C(NCC(c1cccc(Cl)c1)N1CCCC1)N1CCC(CC(=O)NC)CC1.I. The number of carbonyl (C=O) groups excluding carboxylic acids is 1. The van der Waals surface area contributed by atoms with E-state index in [1.165, 1.54) is 18.4 Å². The van der Waals surface area contributed by atoms with Crippen molar-refractivity contribution in [3.05, 3.63) is 34.9 Å². The summed E-state index contributed by atoms with van der Waals surface area (Å²) >= 11 is 6.27. The fraction of sp³-hybridized carbons (Fsp3) is 0.636. The van der Waals surface area contributed by atoms with Gasteiger partial charge in [0.05, 0.1) is 6.04 Å². The van der Waals surface area contributed by atoms with Crippen LogP contribution < -0.4 is 10.6 Å². The Morgan fingerprint density at radius 3 is 2.53 bits per heavy atom. The maximum Gasteiger partial charge on any atom is 0.220 e. The highest BCUT2D eigenvalue weighted by atomic mass is 127. The molecule has 1 atom stereocenters. The molecule has 1 amide bonds.